The maximum atomic E-state index is 13.6. The molecule has 0 saturated carbocycles. The molecular weight excluding hydrogens is 378 g/mol. The zero-order valence-electron chi connectivity index (χ0n) is 15.9. The van der Waals surface area contributed by atoms with Gasteiger partial charge in [0.2, 0.25) is 11.8 Å². The van der Waals surface area contributed by atoms with E-state index in [0.717, 1.165) is 17.7 Å². The zero-order valence-corrected chi connectivity index (χ0v) is 16.7. The molecule has 2 N–H and O–H groups in total. The molecule has 0 spiro atoms. The van der Waals surface area contributed by atoms with Crippen LogP contribution in [0.15, 0.2) is 42.7 Å². The van der Waals surface area contributed by atoms with Gasteiger partial charge in [-0.25, -0.2) is 0 Å². The fourth-order valence-corrected chi connectivity index (χ4v) is 4.20. The lowest BCUT2D eigenvalue weighted by Gasteiger charge is -2.33. The molecule has 28 heavy (non-hydrogen) atoms. The van der Waals surface area contributed by atoms with Gasteiger partial charge in [0.05, 0.1) is 24.6 Å². The Morgan fingerprint density at radius 3 is 2.68 bits per heavy atom. The molecule has 3 heterocycles. The highest BCUT2D eigenvalue weighted by atomic mass is 35.5. The average molecular weight is 404 g/mol. The molecule has 2 amide bonds. The zero-order chi connectivity index (χ0) is 18.8. The van der Waals surface area contributed by atoms with Crippen LogP contribution in [0.4, 0.5) is 0 Å². The number of carbonyl (C=O) groups is 2. The van der Waals surface area contributed by atoms with Crippen molar-refractivity contribution in [3.63, 3.8) is 0 Å². The van der Waals surface area contributed by atoms with Crippen molar-refractivity contribution in [2.75, 3.05) is 26.2 Å². The lowest BCUT2D eigenvalue weighted by atomic mass is 9.88. The van der Waals surface area contributed by atoms with Crippen LogP contribution in [-0.2, 0) is 16.6 Å². The first-order valence-corrected chi connectivity index (χ1v) is 9.45. The molecule has 2 aliphatic heterocycles. The monoisotopic (exact) mass is 403 g/mol. The highest BCUT2D eigenvalue weighted by molar-refractivity contribution is 5.85. The minimum absolute atomic E-state index is 0. The summed E-state index contributed by atoms with van der Waals surface area (Å²) in [5.74, 6) is 0.0647. The molecule has 3 atom stereocenters. The molecule has 2 aromatic rings. The second-order valence-electron chi connectivity index (χ2n) is 7.33. The number of carbonyl (C=O) groups excluding carboxylic acids is 2. The van der Waals surface area contributed by atoms with Gasteiger partial charge in [0, 0.05) is 45.3 Å². The summed E-state index contributed by atoms with van der Waals surface area (Å²) >= 11 is 0. The van der Waals surface area contributed by atoms with E-state index >= 15 is 0 Å². The van der Waals surface area contributed by atoms with Gasteiger partial charge in [-0.2, -0.15) is 5.10 Å². The van der Waals surface area contributed by atoms with Gasteiger partial charge in [-0.05, 0) is 11.1 Å². The van der Waals surface area contributed by atoms with Gasteiger partial charge >= 0.3 is 0 Å². The smallest absolute Gasteiger partial charge is 0.228 e. The van der Waals surface area contributed by atoms with E-state index in [1.165, 1.54) is 0 Å². The van der Waals surface area contributed by atoms with Gasteiger partial charge in [-0.3, -0.25) is 14.3 Å². The van der Waals surface area contributed by atoms with Crippen LogP contribution >= 0.6 is 12.4 Å². The van der Waals surface area contributed by atoms with Crippen molar-refractivity contribution in [1.82, 2.24) is 25.3 Å². The van der Waals surface area contributed by atoms with Gasteiger partial charge in [0.1, 0.15) is 0 Å². The summed E-state index contributed by atoms with van der Waals surface area (Å²) in [4.78, 5) is 27.6. The second-order valence-corrected chi connectivity index (χ2v) is 7.33. The number of aromatic nitrogens is 2. The van der Waals surface area contributed by atoms with Crippen LogP contribution in [0.25, 0.3) is 0 Å². The van der Waals surface area contributed by atoms with Crippen molar-refractivity contribution in [3.05, 3.63) is 53.9 Å². The molecule has 1 aromatic heterocycles. The maximum Gasteiger partial charge on any atom is 0.228 e. The van der Waals surface area contributed by atoms with Crippen molar-refractivity contribution in [2.24, 2.45) is 13.0 Å². The SMILES string of the molecule is Cl.Cn1cc([C@H]2CNC[C@@H]2C(=O)N2CCNC(=O)CC2c2ccccc2)cn1. The predicted octanol–water partition coefficient (Wildman–Crippen LogP) is 1.23. The Hall–Kier alpha value is -2.38. The number of aryl methyl sites for hydroxylation is 1. The van der Waals surface area contributed by atoms with Crippen LogP contribution in [0.2, 0.25) is 0 Å². The third-order valence-corrected chi connectivity index (χ3v) is 5.58. The number of halogens is 1. The number of hydrogen-bond acceptors (Lipinski definition) is 4. The number of benzene rings is 1. The molecule has 7 nitrogen and oxygen atoms in total. The number of rotatable bonds is 3. The summed E-state index contributed by atoms with van der Waals surface area (Å²) in [5, 5.41) is 10.5. The Morgan fingerprint density at radius 2 is 1.96 bits per heavy atom. The molecule has 0 aliphatic carbocycles. The largest absolute Gasteiger partial charge is 0.354 e. The lowest BCUT2D eigenvalue weighted by molar-refractivity contribution is -0.138. The predicted molar refractivity (Wildman–Crippen MR) is 108 cm³/mol. The van der Waals surface area contributed by atoms with Crippen molar-refractivity contribution < 1.29 is 9.59 Å². The summed E-state index contributed by atoms with van der Waals surface area (Å²) in [6.07, 6.45) is 4.13. The molecule has 8 heteroatoms. The second kappa shape index (κ2) is 8.75. The molecule has 0 radical (unpaired) electrons. The topological polar surface area (TPSA) is 79.3 Å². The van der Waals surface area contributed by atoms with Crippen LogP contribution in [0.5, 0.6) is 0 Å². The van der Waals surface area contributed by atoms with E-state index in [-0.39, 0.29) is 42.1 Å². The van der Waals surface area contributed by atoms with Crippen LogP contribution < -0.4 is 10.6 Å². The van der Waals surface area contributed by atoms with Crippen LogP contribution in [0.1, 0.15) is 29.5 Å². The lowest BCUT2D eigenvalue weighted by Crippen LogP contribution is -2.42. The maximum absolute atomic E-state index is 13.6. The van der Waals surface area contributed by atoms with Crippen molar-refractivity contribution in [2.45, 2.75) is 18.4 Å². The minimum Gasteiger partial charge on any atom is -0.354 e. The van der Waals surface area contributed by atoms with E-state index in [2.05, 4.69) is 15.7 Å². The molecule has 1 unspecified atom stereocenters. The van der Waals surface area contributed by atoms with Gasteiger partial charge in [0.25, 0.3) is 0 Å². The third kappa shape index (κ3) is 4.05. The van der Waals surface area contributed by atoms with Crippen molar-refractivity contribution in [3.8, 4) is 0 Å². The molecule has 2 fully saturated rings. The van der Waals surface area contributed by atoms with E-state index < -0.39 is 0 Å². The fraction of sp³-hybridized carbons (Fsp3) is 0.450. The number of nitrogens with one attached hydrogen (secondary N) is 2. The Kier molecular flexibility index (Phi) is 6.36. The number of amides is 2. The summed E-state index contributed by atoms with van der Waals surface area (Å²) in [7, 11) is 1.89. The fourth-order valence-electron chi connectivity index (χ4n) is 4.20. The standard InChI is InChI=1S/C20H25N5O2.ClH/c1-24-13-15(10-23-24)16-11-21-12-17(16)20(27)25-8-7-22-19(26)9-18(25)14-5-3-2-4-6-14;/h2-6,10,13,16-18,21H,7-9,11-12H2,1H3,(H,22,26);1H/t16-,17+,18?;/m1./s1. The van der Waals surface area contributed by atoms with Gasteiger partial charge in [-0.1, -0.05) is 30.3 Å². The summed E-state index contributed by atoms with van der Waals surface area (Å²) in [6, 6.07) is 9.62. The molecule has 1 aromatic carbocycles. The molecular formula is C20H26ClN5O2. The summed E-state index contributed by atoms with van der Waals surface area (Å²) in [6.45, 7) is 2.44. The molecule has 4 rings (SSSR count). The molecule has 2 saturated heterocycles. The Morgan fingerprint density at radius 1 is 1.18 bits per heavy atom. The first kappa shape index (κ1) is 20.4. The van der Waals surface area contributed by atoms with Crippen molar-refractivity contribution >= 4 is 24.2 Å². The van der Waals surface area contributed by atoms with Gasteiger partial charge < -0.3 is 15.5 Å². The third-order valence-electron chi connectivity index (χ3n) is 5.58. The summed E-state index contributed by atoms with van der Waals surface area (Å²) in [5.41, 5.74) is 2.09. The normalized spacial score (nSPS) is 25.0. The summed E-state index contributed by atoms with van der Waals surface area (Å²) < 4.78 is 1.77. The average Bonchev–Trinajstić information content (AvgIpc) is 3.28. The van der Waals surface area contributed by atoms with E-state index in [1.54, 1.807) is 4.68 Å². The van der Waals surface area contributed by atoms with E-state index in [1.807, 2.05) is 54.7 Å². The molecule has 150 valence electrons. The molecule has 0 bridgehead atoms. The van der Waals surface area contributed by atoms with Crippen molar-refractivity contribution in [1.29, 1.82) is 0 Å². The Labute approximate surface area is 170 Å². The van der Waals surface area contributed by atoms with Crippen LogP contribution in [-0.4, -0.2) is 52.7 Å². The highest BCUT2D eigenvalue weighted by Gasteiger charge is 2.40. The van der Waals surface area contributed by atoms with Crippen LogP contribution in [0, 0.1) is 5.92 Å². The molecule has 2 aliphatic rings. The van der Waals surface area contributed by atoms with E-state index in [9.17, 15) is 9.59 Å². The Balaban J connectivity index is 0.00000225. The quantitative estimate of drug-likeness (QED) is 0.808. The van der Waals surface area contributed by atoms with Gasteiger partial charge in [0.15, 0.2) is 0 Å². The van der Waals surface area contributed by atoms with E-state index in [4.69, 9.17) is 0 Å². The first-order valence-electron chi connectivity index (χ1n) is 9.45. The first-order chi connectivity index (χ1) is 13.1. The highest BCUT2D eigenvalue weighted by Crippen LogP contribution is 2.33. The van der Waals surface area contributed by atoms with Gasteiger partial charge in [-0.15, -0.1) is 12.4 Å². The number of hydrogen-bond donors (Lipinski definition) is 2. The van der Waals surface area contributed by atoms with Crippen LogP contribution in [0.3, 0.4) is 0 Å². The van der Waals surface area contributed by atoms with E-state index in [0.29, 0.717) is 26.1 Å². The minimum atomic E-state index is -0.226. The number of nitrogens with zero attached hydrogens (tertiary/aromatic N) is 3. The Bertz CT molecular complexity index is 825.